The fourth-order valence-electron chi connectivity index (χ4n) is 9.53. The molecular formula is C44H60O6SeSi. The summed E-state index contributed by atoms with van der Waals surface area (Å²) in [5, 5.41) is 25.3. The van der Waals surface area contributed by atoms with Gasteiger partial charge < -0.3 is 0 Å². The molecule has 0 amide bonds. The second-order valence-corrected chi connectivity index (χ2v) is 24.7. The molecule has 1 saturated heterocycles. The van der Waals surface area contributed by atoms with Crippen LogP contribution < -0.4 is 14.8 Å². The molecule has 3 aromatic rings. The molecule has 1 aliphatic heterocycles. The molecule has 2 fully saturated rings. The average molecular weight is 792 g/mol. The van der Waals surface area contributed by atoms with Gasteiger partial charge in [-0.15, -0.1) is 0 Å². The minimum atomic E-state index is -2.67. The van der Waals surface area contributed by atoms with E-state index in [9.17, 15) is 14.0 Å². The number of allylic oxidation sites excluding steroid dienone is 1. The predicted octanol–water partition coefficient (Wildman–Crippen LogP) is 6.91. The van der Waals surface area contributed by atoms with Gasteiger partial charge in [-0.3, -0.25) is 0 Å². The Morgan fingerprint density at radius 1 is 0.808 bits per heavy atom. The molecule has 3 aromatic carbocycles. The quantitative estimate of drug-likeness (QED) is 0.162. The van der Waals surface area contributed by atoms with Gasteiger partial charge in [0.1, 0.15) is 0 Å². The Labute approximate surface area is 317 Å². The molecule has 52 heavy (non-hydrogen) atoms. The van der Waals surface area contributed by atoms with E-state index >= 15 is 0 Å². The van der Waals surface area contributed by atoms with Crippen molar-refractivity contribution in [1.29, 1.82) is 0 Å². The monoisotopic (exact) mass is 792 g/mol. The maximum absolute atomic E-state index is 14.1. The number of ether oxygens (including phenoxy) is 2. The second kappa shape index (κ2) is 16.2. The molecule has 0 spiro atoms. The number of aliphatic hydroxyl groups excluding tert-OH is 2. The van der Waals surface area contributed by atoms with Crippen LogP contribution in [0.3, 0.4) is 0 Å². The molecule has 8 heteroatoms. The van der Waals surface area contributed by atoms with Crippen molar-refractivity contribution in [2.24, 2.45) is 23.7 Å². The van der Waals surface area contributed by atoms with Crippen molar-refractivity contribution in [2.45, 2.75) is 121 Å². The first-order valence-electron chi connectivity index (χ1n) is 19.4. The fourth-order valence-corrected chi connectivity index (χ4v) is 17.5. The Morgan fingerprint density at radius 3 is 1.90 bits per heavy atom. The molecule has 0 radical (unpaired) electrons. The van der Waals surface area contributed by atoms with E-state index in [1.165, 1.54) is 10.4 Å². The summed E-state index contributed by atoms with van der Waals surface area (Å²) in [7, 11) is -2.67. The third-order valence-corrected chi connectivity index (χ3v) is 20.8. The van der Waals surface area contributed by atoms with Gasteiger partial charge in [0.25, 0.3) is 0 Å². The molecule has 1 saturated carbocycles. The van der Waals surface area contributed by atoms with E-state index in [0.717, 1.165) is 35.7 Å². The number of hydrogen-bond donors (Lipinski definition) is 2. The van der Waals surface area contributed by atoms with Crippen LogP contribution in [-0.2, 0) is 17.7 Å². The molecule has 3 aliphatic rings. The molecule has 6 rings (SSSR count). The number of benzene rings is 3. The third kappa shape index (κ3) is 8.20. The molecule has 6 nitrogen and oxygen atoms in total. The molecule has 1 heterocycles. The summed E-state index contributed by atoms with van der Waals surface area (Å²) in [6.07, 6.45) is 4.59. The van der Waals surface area contributed by atoms with Crippen LogP contribution in [0.5, 0.6) is 0 Å². The van der Waals surface area contributed by atoms with Gasteiger partial charge >= 0.3 is 222 Å². The Kier molecular flexibility index (Phi) is 12.3. The molecule has 2 N–H and O–H groups in total. The summed E-state index contributed by atoms with van der Waals surface area (Å²) in [6.45, 7) is 15.7. The van der Waals surface area contributed by atoms with Gasteiger partial charge in [-0.2, -0.15) is 0 Å². The van der Waals surface area contributed by atoms with E-state index in [-0.39, 0.29) is 45.7 Å². The molecule has 2 unspecified atom stereocenters. The van der Waals surface area contributed by atoms with Crippen molar-refractivity contribution in [3.63, 3.8) is 0 Å². The van der Waals surface area contributed by atoms with Crippen molar-refractivity contribution >= 4 is 37.0 Å². The van der Waals surface area contributed by atoms with Gasteiger partial charge in [-0.1, -0.05) is 81.4 Å². The first-order valence-corrected chi connectivity index (χ1v) is 23.8. The second-order valence-electron chi connectivity index (χ2n) is 17.0. The van der Waals surface area contributed by atoms with Gasteiger partial charge in [-0.05, 0) is 15.4 Å². The van der Waals surface area contributed by atoms with Crippen molar-refractivity contribution in [3.05, 3.63) is 103 Å². The number of hydrogen-bond acceptors (Lipinski definition) is 6. The first kappa shape index (κ1) is 39.4. The minimum absolute atomic E-state index is 0.0283. The Bertz CT molecular complexity index is 1620. The summed E-state index contributed by atoms with van der Waals surface area (Å²) in [4.78, 5) is -0.149. The molecule has 0 bridgehead atoms. The van der Waals surface area contributed by atoms with Gasteiger partial charge in [-0.25, -0.2) is 0 Å². The zero-order chi connectivity index (χ0) is 37.3. The zero-order valence-corrected chi connectivity index (χ0v) is 34.8. The number of rotatable bonds is 11. The third-order valence-electron chi connectivity index (χ3n) is 12.0. The van der Waals surface area contributed by atoms with Gasteiger partial charge in [0.15, 0.2) is 0 Å². The normalized spacial score (nSPS) is 31.3. The van der Waals surface area contributed by atoms with E-state index in [1.54, 1.807) is 0 Å². The van der Waals surface area contributed by atoms with Crippen LogP contribution in [0, 0.1) is 23.7 Å². The van der Waals surface area contributed by atoms with Crippen molar-refractivity contribution in [3.8, 4) is 0 Å². The van der Waals surface area contributed by atoms with Crippen molar-refractivity contribution < 1.29 is 27.9 Å². The molecule has 10 atom stereocenters. The first-order chi connectivity index (χ1) is 24.7. The fraction of sp³-hybridized carbons (Fsp3) is 0.545. The molecule has 282 valence electrons. The summed E-state index contributed by atoms with van der Waals surface area (Å²) < 4.78 is 35.4. The van der Waals surface area contributed by atoms with Crippen molar-refractivity contribution in [1.82, 2.24) is 0 Å². The number of aliphatic hydroxyl groups is 2. The Hall–Kier alpha value is -2.26. The summed E-state index contributed by atoms with van der Waals surface area (Å²) in [5.41, 5.74) is 0.895. The summed E-state index contributed by atoms with van der Waals surface area (Å²) in [5.74, 6) is -0.754. The van der Waals surface area contributed by atoms with Gasteiger partial charge in [0.2, 0.25) is 0 Å². The van der Waals surface area contributed by atoms with E-state index < -0.39 is 40.1 Å². The summed E-state index contributed by atoms with van der Waals surface area (Å²) >= 11 is -2.46. The van der Waals surface area contributed by atoms with E-state index in [1.807, 2.05) is 51.1 Å². The van der Waals surface area contributed by atoms with Crippen LogP contribution >= 0.6 is 0 Å². The standard InChI is InChI=1S/C44H60O6SeSi/c1-30-27-39(45)41-37(31(2)40(29-38(41)42(30)46)51(47)34-17-11-8-12-18-34)24-23-32-28-33(50-44(6,7)49-32)25-26-48-52(43(3,4)5,35-19-13-9-14-20-35)36-21-15-10-16-22-36/h8-22,29-33,37,39-42,45-46H,23-28H2,1-7H3/t30-,31-,32-,33+,37+,39+,40?,41-,42-,51?/m1/s1. The average Bonchev–Trinajstić information content (AvgIpc) is 3.11. The Morgan fingerprint density at radius 2 is 1.35 bits per heavy atom. The van der Waals surface area contributed by atoms with Crippen molar-refractivity contribution in [2.75, 3.05) is 6.61 Å². The van der Waals surface area contributed by atoms with Gasteiger partial charge in [0, 0.05) is 0 Å². The van der Waals surface area contributed by atoms with Crippen LogP contribution in [0.4, 0.5) is 0 Å². The maximum atomic E-state index is 14.1. The summed E-state index contributed by atoms with van der Waals surface area (Å²) in [6, 6.07) is 31.3. The van der Waals surface area contributed by atoms with Crippen LogP contribution in [0.2, 0.25) is 9.85 Å². The number of fused-ring (bicyclic) bond motifs is 1. The van der Waals surface area contributed by atoms with Gasteiger partial charge in [0.05, 0.1) is 0 Å². The van der Waals surface area contributed by atoms with E-state index in [4.69, 9.17) is 13.9 Å². The SMILES string of the molecule is C[C@@H]1C[C@H](O)[C@H]2C(=CC([Se](=O)c3ccccc3)[C@H](C)[C@@H]2CC[C@@H]2C[C@H](CCO[Si](c3ccccc3)(c3ccccc3)C(C)(C)C)OC(C)(C)O2)[C@@H]1O. The van der Waals surface area contributed by atoms with Crippen LogP contribution in [0.1, 0.15) is 80.6 Å². The zero-order valence-electron chi connectivity index (χ0n) is 32.1. The van der Waals surface area contributed by atoms with E-state index in [2.05, 4.69) is 94.4 Å². The molecular weight excluding hydrogens is 732 g/mol. The van der Waals surface area contributed by atoms with Crippen LogP contribution in [0.15, 0.2) is 103 Å². The topological polar surface area (TPSA) is 85.2 Å². The Balaban J connectivity index is 1.19. The van der Waals surface area contributed by atoms with Crippen LogP contribution in [-0.4, -0.2) is 69.2 Å². The van der Waals surface area contributed by atoms with Crippen LogP contribution in [0.25, 0.3) is 0 Å². The predicted molar refractivity (Wildman–Crippen MR) is 212 cm³/mol. The van der Waals surface area contributed by atoms with E-state index in [0.29, 0.717) is 13.0 Å². The molecule has 0 aromatic heterocycles. The molecule has 2 aliphatic carbocycles.